The molecule has 3 aromatic rings. The summed E-state index contributed by atoms with van der Waals surface area (Å²) in [4.78, 5) is 26.8. The fourth-order valence-electron chi connectivity index (χ4n) is 2.98. The van der Waals surface area contributed by atoms with Crippen molar-refractivity contribution in [2.45, 2.75) is 32.9 Å². The minimum atomic E-state index is -2.65. The summed E-state index contributed by atoms with van der Waals surface area (Å²) in [6.07, 6.45) is 4.07. The maximum absolute atomic E-state index is 12.8. The van der Waals surface area contributed by atoms with Crippen LogP contribution in [0.15, 0.2) is 30.9 Å². The number of rotatable bonds is 8. The highest BCUT2D eigenvalue weighted by molar-refractivity contribution is 5.74. The molecule has 0 saturated carbocycles. The Labute approximate surface area is 178 Å². The quantitative estimate of drug-likeness (QED) is 0.586. The van der Waals surface area contributed by atoms with E-state index in [9.17, 15) is 13.6 Å². The van der Waals surface area contributed by atoms with Crippen LogP contribution in [0.25, 0.3) is 16.9 Å². The summed E-state index contributed by atoms with van der Waals surface area (Å²) in [6, 6.07) is -0.0934. The summed E-state index contributed by atoms with van der Waals surface area (Å²) in [7, 11) is 3.03. The van der Waals surface area contributed by atoms with Crippen LogP contribution in [0.1, 0.15) is 19.5 Å². The number of fused-ring (bicyclic) bond motifs is 1. The lowest BCUT2D eigenvalue weighted by Crippen LogP contribution is -2.46. The monoisotopic (exact) mass is 434 g/mol. The number of alkyl halides is 2. The normalized spacial score (nSPS) is 12.1. The van der Waals surface area contributed by atoms with Crippen LogP contribution in [0.3, 0.4) is 0 Å². The molecule has 1 atom stereocenters. The van der Waals surface area contributed by atoms with Gasteiger partial charge in [-0.05, 0) is 19.9 Å². The van der Waals surface area contributed by atoms with Crippen molar-refractivity contribution in [1.82, 2.24) is 29.6 Å². The zero-order chi connectivity index (χ0) is 22.5. The smallest absolute Gasteiger partial charge is 0.318 e. The highest BCUT2D eigenvalue weighted by atomic mass is 19.3. The molecule has 0 saturated heterocycles. The van der Waals surface area contributed by atoms with E-state index in [0.717, 1.165) is 0 Å². The molecule has 9 nitrogen and oxygen atoms in total. The summed E-state index contributed by atoms with van der Waals surface area (Å²) in [5, 5.41) is 2.30. The van der Waals surface area contributed by atoms with Crippen LogP contribution in [-0.2, 0) is 6.54 Å². The minimum absolute atomic E-state index is 0.125. The summed E-state index contributed by atoms with van der Waals surface area (Å²) in [5.74, 6) is 0.829. The van der Waals surface area contributed by atoms with Gasteiger partial charge >= 0.3 is 6.03 Å². The van der Waals surface area contributed by atoms with Crippen molar-refractivity contribution in [3.63, 3.8) is 0 Å². The van der Waals surface area contributed by atoms with E-state index in [1.54, 1.807) is 36.0 Å². The summed E-state index contributed by atoms with van der Waals surface area (Å²) >= 11 is 0. The third kappa shape index (κ3) is 4.81. The van der Waals surface area contributed by atoms with E-state index >= 15 is 0 Å². The second-order valence-electron chi connectivity index (χ2n) is 6.76. The van der Waals surface area contributed by atoms with E-state index in [1.165, 1.54) is 32.2 Å². The first-order valence-corrected chi connectivity index (χ1v) is 9.62. The Hall–Kier alpha value is -3.50. The molecule has 0 bridgehead atoms. The molecule has 3 heterocycles. The topological polar surface area (TPSA) is 93.9 Å². The van der Waals surface area contributed by atoms with Crippen LogP contribution in [0.2, 0.25) is 0 Å². The van der Waals surface area contributed by atoms with Crippen molar-refractivity contribution in [2.75, 3.05) is 20.8 Å². The largest absolute Gasteiger partial charge is 0.494 e. The highest BCUT2D eigenvalue weighted by Crippen LogP contribution is 2.31. The Morgan fingerprint density at radius 3 is 2.71 bits per heavy atom. The van der Waals surface area contributed by atoms with Crippen LogP contribution >= 0.6 is 0 Å². The van der Waals surface area contributed by atoms with Crippen LogP contribution in [-0.4, -0.2) is 63.5 Å². The Balaban J connectivity index is 1.93. The van der Waals surface area contributed by atoms with Gasteiger partial charge in [0.2, 0.25) is 0 Å². The summed E-state index contributed by atoms with van der Waals surface area (Å²) in [6.45, 7) is 3.46. The van der Waals surface area contributed by atoms with Gasteiger partial charge in [0.25, 0.3) is 12.3 Å². The number of carbonyl (C=O) groups excluding carboxylic acids is 1. The van der Waals surface area contributed by atoms with E-state index in [0.29, 0.717) is 40.8 Å². The van der Waals surface area contributed by atoms with Crippen molar-refractivity contribution < 1.29 is 23.0 Å². The molecule has 0 spiro atoms. The van der Waals surface area contributed by atoms with Crippen LogP contribution in [0.4, 0.5) is 13.6 Å². The van der Waals surface area contributed by atoms with Crippen molar-refractivity contribution >= 4 is 11.7 Å². The predicted octanol–water partition coefficient (Wildman–Crippen LogP) is 2.99. The lowest BCUT2D eigenvalue weighted by molar-refractivity contribution is 0.103. The van der Waals surface area contributed by atoms with E-state index < -0.39 is 18.5 Å². The van der Waals surface area contributed by atoms with Crippen molar-refractivity contribution in [2.24, 2.45) is 0 Å². The van der Waals surface area contributed by atoms with Gasteiger partial charge < -0.3 is 24.1 Å². The molecule has 0 aromatic carbocycles. The summed E-state index contributed by atoms with van der Waals surface area (Å²) in [5.41, 5.74) is 2.31. The number of methoxy groups -OCH3 is 2. The molecule has 0 fully saturated rings. The summed E-state index contributed by atoms with van der Waals surface area (Å²) < 4.78 is 38.1. The molecule has 3 rings (SSSR count). The average molecular weight is 434 g/mol. The number of halogens is 2. The number of imidazole rings is 1. The van der Waals surface area contributed by atoms with E-state index in [1.807, 2.05) is 0 Å². The molecule has 0 radical (unpaired) electrons. The van der Waals surface area contributed by atoms with Gasteiger partial charge in [-0.3, -0.25) is 4.98 Å². The lowest BCUT2D eigenvalue weighted by Gasteiger charge is -2.23. The van der Waals surface area contributed by atoms with Crippen molar-refractivity contribution in [3.8, 4) is 22.9 Å². The Morgan fingerprint density at radius 1 is 1.29 bits per heavy atom. The van der Waals surface area contributed by atoms with Gasteiger partial charge in [0.1, 0.15) is 5.75 Å². The Kier molecular flexibility index (Phi) is 6.83. The standard InChI is InChI=1S/C20H24F2N6O3/c1-5-27(20(29)25-12(2)17(21)22)10-13-8-14(16(30-3)9-24-13)15-11-28-7-6-23-18(28)19(26-15)31-4/h6-9,11-12,17H,5,10H2,1-4H3,(H,25,29). The number of aromatic nitrogens is 4. The van der Waals surface area contributed by atoms with E-state index in [4.69, 9.17) is 9.47 Å². The molecule has 1 unspecified atom stereocenters. The molecule has 166 valence electrons. The Morgan fingerprint density at radius 2 is 2.06 bits per heavy atom. The van der Waals surface area contributed by atoms with Gasteiger partial charge in [-0.2, -0.15) is 0 Å². The first-order chi connectivity index (χ1) is 14.9. The zero-order valence-electron chi connectivity index (χ0n) is 17.7. The number of amides is 2. The molecule has 0 aliphatic rings. The van der Waals surface area contributed by atoms with Gasteiger partial charge in [0, 0.05) is 30.7 Å². The molecule has 0 aliphatic heterocycles. The fourth-order valence-corrected chi connectivity index (χ4v) is 2.98. The number of hydrogen-bond donors (Lipinski definition) is 1. The third-order valence-corrected chi connectivity index (χ3v) is 4.71. The van der Waals surface area contributed by atoms with Gasteiger partial charge in [0.15, 0.2) is 5.65 Å². The van der Waals surface area contributed by atoms with Crippen LogP contribution in [0, 0.1) is 0 Å². The molecular formula is C20H24F2N6O3. The lowest BCUT2D eigenvalue weighted by atomic mass is 10.1. The number of carbonyl (C=O) groups is 1. The molecule has 11 heteroatoms. The molecule has 3 aromatic heterocycles. The minimum Gasteiger partial charge on any atom is -0.494 e. The second kappa shape index (κ2) is 9.54. The van der Waals surface area contributed by atoms with E-state index in [2.05, 4.69) is 20.3 Å². The first kappa shape index (κ1) is 22.2. The number of pyridine rings is 1. The molecule has 0 aliphatic carbocycles. The van der Waals surface area contributed by atoms with Crippen molar-refractivity contribution in [3.05, 3.63) is 36.5 Å². The van der Waals surface area contributed by atoms with Gasteiger partial charge in [-0.25, -0.2) is 23.5 Å². The second-order valence-corrected chi connectivity index (χ2v) is 6.76. The van der Waals surface area contributed by atoms with Crippen LogP contribution < -0.4 is 14.8 Å². The highest BCUT2D eigenvalue weighted by Gasteiger charge is 2.21. The fraction of sp³-hybridized carbons (Fsp3) is 0.400. The molecular weight excluding hydrogens is 410 g/mol. The third-order valence-electron chi connectivity index (χ3n) is 4.71. The number of nitrogens with zero attached hydrogens (tertiary/aromatic N) is 5. The number of nitrogens with one attached hydrogen (secondary N) is 1. The first-order valence-electron chi connectivity index (χ1n) is 9.62. The van der Waals surface area contributed by atoms with E-state index in [-0.39, 0.29) is 6.54 Å². The molecule has 1 N–H and O–H groups in total. The average Bonchev–Trinajstić information content (AvgIpc) is 3.25. The molecule has 2 amide bonds. The van der Waals surface area contributed by atoms with Crippen molar-refractivity contribution in [1.29, 1.82) is 0 Å². The van der Waals surface area contributed by atoms with Crippen LogP contribution in [0.5, 0.6) is 11.6 Å². The number of hydrogen-bond acceptors (Lipinski definition) is 6. The van der Waals surface area contributed by atoms with Gasteiger partial charge in [0.05, 0.1) is 44.4 Å². The van der Waals surface area contributed by atoms with Gasteiger partial charge in [-0.15, -0.1) is 0 Å². The number of ether oxygens (including phenoxy) is 2. The SMILES string of the molecule is CCN(Cc1cc(-c2cn3ccnc3c(OC)n2)c(OC)cn1)C(=O)NC(C)C(F)F. The maximum Gasteiger partial charge on any atom is 0.318 e. The molecule has 31 heavy (non-hydrogen) atoms. The predicted molar refractivity (Wildman–Crippen MR) is 109 cm³/mol. The number of urea groups is 1. The maximum atomic E-state index is 12.8. The zero-order valence-corrected chi connectivity index (χ0v) is 17.7. The Bertz CT molecular complexity index is 1060. The van der Waals surface area contributed by atoms with Gasteiger partial charge in [-0.1, -0.05) is 0 Å².